The van der Waals surface area contributed by atoms with Gasteiger partial charge in [0.2, 0.25) is 5.91 Å². The standard InChI is InChI=1S/C26H27N3O2/c1-31-24-9-3-2-6-19(24)16-28-17-20-14-23(29-13-5-11-26(20,29)25(28)30)22-8-4-7-18-15-27-12-10-21(18)22/h2-4,6-10,12,15,20,23H,5,11,13-14,16-17H2,1H3/t20-,23-,26-/m0/s1. The summed E-state index contributed by atoms with van der Waals surface area (Å²) in [6, 6.07) is 17.0. The highest BCUT2D eigenvalue weighted by molar-refractivity contribution is 5.91. The molecule has 0 aliphatic carbocycles. The minimum atomic E-state index is -0.331. The topological polar surface area (TPSA) is 45.7 Å². The summed E-state index contributed by atoms with van der Waals surface area (Å²) in [6.07, 6.45) is 6.92. The molecule has 0 radical (unpaired) electrons. The predicted octanol–water partition coefficient (Wildman–Crippen LogP) is 4.18. The molecule has 5 nitrogen and oxygen atoms in total. The summed E-state index contributed by atoms with van der Waals surface area (Å²) >= 11 is 0. The van der Waals surface area contributed by atoms with Gasteiger partial charge in [0, 0.05) is 48.4 Å². The molecule has 158 valence electrons. The molecule has 3 aliphatic heterocycles. The van der Waals surface area contributed by atoms with E-state index in [-0.39, 0.29) is 5.54 Å². The van der Waals surface area contributed by atoms with Crippen molar-refractivity contribution in [2.75, 3.05) is 20.2 Å². The van der Waals surface area contributed by atoms with E-state index in [1.54, 1.807) is 7.11 Å². The number of pyridine rings is 1. The molecule has 3 aromatic rings. The summed E-state index contributed by atoms with van der Waals surface area (Å²) in [6.45, 7) is 2.45. The number of hydrogen-bond acceptors (Lipinski definition) is 4. The fourth-order valence-corrected chi connectivity index (χ4v) is 6.49. The zero-order valence-electron chi connectivity index (χ0n) is 17.8. The first kappa shape index (κ1) is 18.8. The zero-order valence-corrected chi connectivity index (χ0v) is 17.8. The van der Waals surface area contributed by atoms with E-state index in [2.05, 4.69) is 45.1 Å². The van der Waals surface area contributed by atoms with Crippen LogP contribution in [-0.4, -0.2) is 46.4 Å². The van der Waals surface area contributed by atoms with Crippen molar-refractivity contribution in [1.82, 2.24) is 14.8 Å². The van der Waals surface area contributed by atoms with E-state index < -0.39 is 0 Å². The van der Waals surface area contributed by atoms with Crippen LogP contribution in [0.3, 0.4) is 0 Å². The average Bonchev–Trinajstić information content (AvgIpc) is 3.44. The molecule has 3 atom stereocenters. The van der Waals surface area contributed by atoms with Crippen molar-refractivity contribution >= 4 is 16.7 Å². The average molecular weight is 414 g/mol. The molecule has 1 amide bonds. The number of benzene rings is 2. The number of nitrogens with zero attached hydrogens (tertiary/aromatic N) is 3. The van der Waals surface area contributed by atoms with Crippen LogP contribution in [0.15, 0.2) is 60.9 Å². The normalized spacial score (nSPS) is 27.6. The fourth-order valence-electron chi connectivity index (χ4n) is 6.49. The van der Waals surface area contributed by atoms with E-state index in [0.29, 0.717) is 24.4 Å². The van der Waals surface area contributed by atoms with Gasteiger partial charge in [-0.2, -0.15) is 0 Å². The first-order chi connectivity index (χ1) is 15.2. The second kappa shape index (κ2) is 7.06. The van der Waals surface area contributed by atoms with Crippen molar-refractivity contribution in [2.24, 2.45) is 5.92 Å². The van der Waals surface area contributed by atoms with Crippen LogP contribution in [0.5, 0.6) is 5.75 Å². The van der Waals surface area contributed by atoms with Crippen molar-refractivity contribution in [2.45, 2.75) is 37.4 Å². The molecule has 2 aromatic carbocycles. The van der Waals surface area contributed by atoms with Crippen LogP contribution in [0.1, 0.15) is 36.4 Å². The number of ether oxygens (including phenoxy) is 1. The molecular weight excluding hydrogens is 386 g/mol. The maximum Gasteiger partial charge on any atom is 0.243 e. The lowest BCUT2D eigenvalue weighted by atomic mass is 9.85. The third-order valence-corrected chi connectivity index (χ3v) is 7.75. The van der Waals surface area contributed by atoms with Gasteiger partial charge in [-0.15, -0.1) is 0 Å². The molecule has 31 heavy (non-hydrogen) atoms. The highest BCUT2D eigenvalue weighted by Crippen LogP contribution is 2.56. The van der Waals surface area contributed by atoms with E-state index in [4.69, 9.17) is 4.74 Å². The predicted molar refractivity (Wildman–Crippen MR) is 120 cm³/mol. The number of methoxy groups -OCH3 is 1. The summed E-state index contributed by atoms with van der Waals surface area (Å²) in [4.78, 5) is 22.8. The number of fused-ring (bicyclic) bond motifs is 1. The molecule has 3 aliphatic rings. The van der Waals surface area contributed by atoms with Crippen molar-refractivity contribution in [3.8, 4) is 5.75 Å². The highest BCUT2D eigenvalue weighted by atomic mass is 16.5. The Balaban J connectivity index is 1.34. The molecule has 1 aromatic heterocycles. The second-order valence-corrected chi connectivity index (χ2v) is 9.11. The zero-order chi connectivity index (χ0) is 21.0. The highest BCUT2D eigenvalue weighted by Gasteiger charge is 2.65. The molecule has 1 spiro atoms. The van der Waals surface area contributed by atoms with Gasteiger partial charge < -0.3 is 9.64 Å². The number of amides is 1. The quantitative estimate of drug-likeness (QED) is 0.644. The molecule has 6 rings (SSSR count). The van der Waals surface area contributed by atoms with Crippen LogP contribution in [0.25, 0.3) is 10.8 Å². The minimum Gasteiger partial charge on any atom is -0.496 e. The fraction of sp³-hybridized carbons (Fsp3) is 0.385. The first-order valence-electron chi connectivity index (χ1n) is 11.2. The number of hydrogen-bond donors (Lipinski definition) is 0. The maximum absolute atomic E-state index is 13.9. The number of rotatable bonds is 4. The van der Waals surface area contributed by atoms with E-state index in [9.17, 15) is 4.79 Å². The molecule has 3 fully saturated rings. The van der Waals surface area contributed by atoms with Crippen LogP contribution in [-0.2, 0) is 11.3 Å². The monoisotopic (exact) mass is 413 g/mol. The molecule has 3 saturated heterocycles. The summed E-state index contributed by atoms with van der Waals surface area (Å²) in [7, 11) is 1.70. The third-order valence-electron chi connectivity index (χ3n) is 7.75. The van der Waals surface area contributed by atoms with Gasteiger partial charge in [-0.05, 0) is 48.9 Å². The summed E-state index contributed by atoms with van der Waals surface area (Å²) < 4.78 is 5.53. The Hall–Kier alpha value is -2.92. The van der Waals surface area contributed by atoms with E-state index >= 15 is 0 Å². The van der Waals surface area contributed by atoms with Gasteiger partial charge in [0.15, 0.2) is 0 Å². The Morgan fingerprint density at radius 2 is 2.06 bits per heavy atom. The Morgan fingerprint density at radius 3 is 2.97 bits per heavy atom. The van der Waals surface area contributed by atoms with Gasteiger partial charge in [0.05, 0.1) is 7.11 Å². The van der Waals surface area contributed by atoms with Gasteiger partial charge in [0.1, 0.15) is 11.3 Å². The Kier molecular flexibility index (Phi) is 4.29. The first-order valence-corrected chi connectivity index (χ1v) is 11.2. The van der Waals surface area contributed by atoms with Gasteiger partial charge in [-0.25, -0.2) is 0 Å². The SMILES string of the molecule is COc1ccccc1CN1C[C@@H]2C[C@@H](c3cccc4cnccc34)N3CCC[C@@]23C1=O. The molecule has 0 unspecified atom stereocenters. The summed E-state index contributed by atoms with van der Waals surface area (Å²) in [5.41, 5.74) is 2.10. The van der Waals surface area contributed by atoms with Crippen LogP contribution in [0.4, 0.5) is 0 Å². The maximum atomic E-state index is 13.9. The van der Waals surface area contributed by atoms with Gasteiger partial charge in [0.25, 0.3) is 0 Å². The summed E-state index contributed by atoms with van der Waals surface area (Å²) in [5.74, 6) is 1.54. The van der Waals surface area contributed by atoms with Crippen molar-refractivity contribution < 1.29 is 9.53 Å². The molecular formula is C26H27N3O2. The molecule has 5 heteroatoms. The summed E-state index contributed by atoms with van der Waals surface area (Å²) in [5, 5.41) is 2.44. The molecule has 4 heterocycles. The largest absolute Gasteiger partial charge is 0.496 e. The lowest BCUT2D eigenvalue weighted by Gasteiger charge is -2.34. The lowest BCUT2D eigenvalue weighted by Crippen LogP contribution is -2.49. The smallest absolute Gasteiger partial charge is 0.243 e. The van der Waals surface area contributed by atoms with Gasteiger partial charge in [-0.3, -0.25) is 14.7 Å². The Bertz CT molecular complexity index is 1160. The third kappa shape index (κ3) is 2.66. The van der Waals surface area contributed by atoms with Crippen LogP contribution < -0.4 is 4.74 Å². The van der Waals surface area contributed by atoms with E-state index in [1.165, 1.54) is 16.3 Å². The second-order valence-electron chi connectivity index (χ2n) is 9.11. The van der Waals surface area contributed by atoms with Crippen molar-refractivity contribution in [1.29, 1.82) is 0 Å². The number of para-hydroxylation sites is 1. The van der Waals surface area contributed by atoms with Crippen LogP contribution >= 0.6 is 0 Å². The number of carbonyl (C=O) groups excluding carboxylic acids is 1. The van der Waals surface area contributed by atoms with Crippen molar-refractivity contribution in [3.05, 3.63) is 72.1 Å². The number of carbonyl (C=O) groups is 1. The Morgan fingerprint density at radius 1 is 1.16 bits per heavy atom. The van der Waals surface area contributed by atoms with Gasteiger partial charge >= 0.3 is 0 Å². The molecule has 0 bridgehead atoms. The van der Waals surface area contributed by atoms with Crippen LogP contribution in [0.2, 0.25) is 0 Å². The van der Waals surface area contributed by atoms with Gasteiger partial charge in [-0.1, -0.05) is 36.4 Å². The Labute approximate surface area is 182 Å². The van der Waals surface area contributed by atoms with Crippen LogP contribution in [0, 0.1) is 5.92 Å². The lowest BCUT2D eigenvalue weighted by molar-refractivity contribution is -0.137. The van der Waals surface area contributed by atoms with E-state index in [1.807, 2.05) is 30.6 Å². The minimum absolute atomic E-state index is 0.302. The molecule has 0 saturated carbocycles. The number of likely N-dealkylation sites (tertiary alicyclic amines) is 1. The number of aromatic nitrogens is 1. The van der Waals surface area contributed by atoms with E-state index in [0.717, 1.165) is 43.7 Å². The van der Waals surface area contributed by atoms with Crippen molar-refractivity contribution in [3.63, 3.8) is 0 Å². The molecule has 0 N–H and O–H groups in total.